The maximum Gasteiger partial charge on any atom is 0.258 e. The molecule has 0 atom stereocenters. The summed E-state index contributed by atoms with van der Waals surface area (Å²) in [6.07, 6.45) is 3.68. The van der Waals surface area contributed by atoms with Gasteiger partial charge in [-0.3, -0.25) is 14.6 Å². The van der Waals surface area contributed by atoms with Crippen molar-refractivity contribution in [2.45, 2.75) is 26.4 Å². The van der Waals surface area contributed by atoms with Crippen molar-refractivity contribution in [3.05, 3.63) is 125 Å². The predicted octanol–water partition coefficient (Wildman–Crippen LogP) is 5.10. The number of carbonyl (C=O) groups excluding carboxylic acids is 2. The van der Waals surface area contributed by atoms with E-state index in [1.165, 1.54) is 0 Å². The Bertz CT molecular complexity index is 1300. The number of nitrogens with one attached hydrogen (secondary N) is 1. The summed E-state index contributed by atoms with van der Waals surface area (Å²) in [6.45, 7) is 2.77. The summed E-state index contributed by atoms with van der Waals surface area (Å²) in [7, 11) is 1.62. The summed E-state index contributed by atoms with van der Waals surface area (Å²) in [4.78, 5) is 31.8. The topological polar surface area (TPSA) is 71.5 Å². The molecular weight excluding hydrogens is 450 g/mol. The number of hydrogen-bond donors (Lipinski definition) is 1. The molecule has 0 spiro atoms. The number of aryl methyl sites for hydroxylation is 1. The Labute approximate surface area is 211 Å². The highest BCUT2D eigenvalue weighted by molar-refractivity contribution is 6.06. The van der Waals surface area contributed by atoms with Crippen molar-refractivity contribution in [2.24, 2.45) is 0 Å². The molecule has 6 heteroatoms. The predicted molar refractivity (Wildman–Crippen MR) is 141 cm³/mol. The average molecular weight is 480 g/mol. The number of aromatic nitrogens is 1. The van der Waals surface area contributed by atoms with Gasteiger partial charge in [-0.1, -0.05) is 54.1 Å². The van der Waals surface area contributed by atoms with Crippen LogP contribution in [0.25, 0.3) is 0 Å². The summed E-state index contributed by atoms with van der Waals surface area (Å²) in [5.41, 5.74) is 5.15. The lowest BCUT2D eigenvalue weighted by atomic mass is 10.1. The van der Waals surface area contributed by atoms with Gasteiger partial charge in [-0.05, 0) is 54.4 Å². The van der Waals surface area contributed by atoms with Gasteiger partial charge in [-0.15, -0.1) is 0 Å². The number of nitrogens with zero attached hydrogens (tertiary/aromatic N) is 2. The highest BCUT2D eigenvalue weighted by Crippen LogP contribution is 2.25. The van der Waals surface area contributed by atoms with E-state index in [2.05, 4.69) is 10.3 Å². The number of para-hydroxylation sites is 1. The molecule has 6 nitrogen and oxygen atoms in total. The SMILES string of the molecule is COc1ccccc1CN(C(=O)c1ccc(C)cc1)c1ccc(CC(=O)NCc2cccnc2)cc1. The van der Waals surface area contributed by atoms with Crippen LogP contribution in [0, 0.1) is 6.92 Å². The zero-order chi connectivity index (χ0) is 25.3. The first-order valence-electron chi connectivity index (χ1n) is 11.8. The zero-order valence-corrected chi connectivity index (χ0v) is 20.5. The fourth-order valence-electron chi connectivity index (χ4n) is 3.88. The Morgan fingerprint density at radius 1 is 0.889 bits per heavy atom. The van der Waals surface area contributed by atoms with Crippen LogP contribution in [0.5, 0.6) is 5.75 Å². The molecule has 0 aliphatic heterocycles. The molecule has 36 heavy (non-hydrogen) atoms. The maximum absolute atomic E-state index is 13.6. The minimum atomic E-state index is -0.108. The third-order valence-electron chi connectivity index (χ3n) is 5.89. The molecule has 2 amide bonds. The second-order valence-corrected chi connectivity index (χ2v) is 8.55. The molecule has 182 valence electrons. The third-order valence-corrected chi connectivity index (χ3v) is 5.89. The van der Waals surface area contributed by atoms with Crippen LogP contribution in [0.15, 0.2) is 97.3 Å². The molecule has 1 aromatic heterocycles. The van der Waals surface area contributed by atoms with Crippen molar-refractivity contribution in [3.63, 3.8) is 0 Å². The van der Waals surface area contributed by atoms with E-state index >= 15 is 0 Å². The third kappa shape index (κ3) is 6.36. The Kier molecular flexibility index (Phi) is 8.08. The second kappa shape index (κ2) is 11.8. The molecule has 1 N–H and O–H groups in total. The summed E-state index contributed by atoms with van der Waals surface area (Å²) < 4.78 is 5.51. The van der Waals surface area contributed by atoms with Crippen molar-refractivity contribution in [2.75, 3.05) is 12.0 Å². The van der Waals surface area contributed by atoms with Crippen molar-refractivity contribution in [1.29, 1.82) is 0 Å². The van der Waals surface area contributed by atoms with Crippen molar-refractivity contribution in [3.8, 4) is 5.75 Å². The van der Waals surface area contributed by atoms with E-state index < -0.39 is 0 Å². The van der Waals surface area contributed by atoms with E-state index in [0.29, 0.717) is 18.7 Å². The van der Waals surface area contributed by atoms with E-state index in [1.54, 1.807) is 24.4 Å². The van der Waals surface area contributed by atoms with Crippen molar-refractivity contribution >= 4 is 17.5 Å². The number of carbonyl (C=O) groups is 2. The molecular formula is C30H29N3O3. The minimum Gasteiger partial charge on any atom is -0.496 e. The molecule has 0 aliphatic rings. The lowest BCUT2D eigenvalue weighted by Gasteiger charge is -2.24. The molecule has 0 unspecified atom stereocenters. The van der Waals surface area contributed by atoms with Crippen molar-refractivity contribution < 1.29 is 14.3 Å². The smallest absolute Gasteiger partial charge is 0.258 e. The molecule has 0 aliphatic carbocycles. The molecule has 0 fully saturated rings. The molecule has 0 radical (unpaired) electrons. The maximum atomic E-state index is 13.6. The Balaban J connectivity index is 1.52. The molecule has 4 aromatic rings. The van der Waals surface area contributed by atoms with Gasteiger partial charge in [0.25, 0.3) is 5.91 Å². The van der Waals surface area contributed by atoms with E-state index in [1.807, 2.05) is 91.9 Å². The fraction of sp³-hybridized carbons (Fsp3) is 0.167. The summed E-state index contributed by atoms with van der Waals surface area (Å²) in [5.74, 6) is 0.539. The largest absolute Gasteiger partial charge is 0.496 e. The fourth-order valence-corrected chi connectivity index (χ4v) is 3.88. The molecule has 0 saturated carbocycles. The number of ether oxygens (including phenoxy) is 1. The lowest BCUT2D eigenvalue weighted by molar-refractivity contribution is -0.120. The van der Waals surface area contributed by atoms with Crippen LogP contribution in [0.2, 0.25) is 0 Å². The van der Waals surface area contributed by atoms with E-state index in [0.717, 1.165) is 33.7 Å². The van der Waals surface area contributed by atoms with Gasteiger partial charge in [0.1, 0.15) is 5.75 Å². The highest BCUT2D eigenvalue weighted by atomic mass is 16.5. The van der Waals surface area contributed by atoms with Crippen LogP contribution in [0.4, 0.5) is 5.69 Å². The van der Waals surface area contributed by atoms with Crippen LogP contribution in [0.3, 0.4) is 0 Å². The van der Waals surface area contributed by atoms with Crippen LogP contribution in [-0.4, -0.2) is 23.9 Å². The van der Waals surface area contributed by atoms with Gasteiger partial charge in [0, 0.05) is 35.8 Å². The minimum absolute atomic E-state index is 0.0757. The number of amides is 2. The highest BCUT2D eigenvalue weighted by Gasteiger charge is 2.20. The quantitative estimate of drug-likeness (QED) is 0.362. The van der Waals surface area contributed by atoms with Gasteiger partial charge in [-0.25, -0.2) is 0 Å². The molecule has 0 bridgehead atoms. The summed E-state index contributed by atoms with van der Waals surface area (Å²) >= 11 is 0. The molecule has 0 saturated heterocycles. The molecule has 3 aromatic carbocycles. The van der Waals surface area contributed by atoms with Crippen LogP contribution >= 0.6 is 0 Å². The van der Waals surface area contributed by atoms with Gasteiger partial charge in [0.2, 0.25) is 5.91 Å². The lowest BCUT2D eigenvalue weighted by Crippen LogP contribution is -2.30. The average Bonchev–Trinajstić information content (AvgIpc) is 2.92. The number of methoxy groups -OCH3 is 1. The monoisotopic (exact) mass is 479 g/mol. The van der Waals surface area contributed by atoms with E-state index in [4.69, 9.17) is 4.74 Å². The first-order chi connectivity index (χ1) is 17.5. The molecule has 1 heterocycles. The van der Waals surface area contributed by atoms with Gasteiger partial charge in [-0.2, -0.15) is 0 Å². The number of rotatable bonds is 9. The standard InChI is InChI=1S/C30H29N3O3/c1-22-9-13-25(14-10-22)30(35)33(21-26-7-3-4-8-28(26)36-2)27-15-11-23(12-16-27)18-29(34)32-20-24-6-5-17-31-19-24/h3-17,19H,18,20-21H2,1-2H3,(H,32,34). The summed E-state index contributed by atoms with van der Waals surface area (Å²) in [5, 5.41) is 2.92. The number of benzene rings is 3. The van der Waals surface area contributed by atoms with E-state index in [9.17, 15) is 9.59 Å². The number of anilines is 1. The first kappa shape index (κ1) is 24.7. The zero-order valence-electron chi connectivity index (χ0n) is 20.5. The molecule has 4 rings (SSSR count). The summed E-state index contributed by atoms with van der Waals surface area (Å²) in [6, 6.07) is 26.5. The van der Waals surface area contributed by atoms with Crippen LogP contribution in [-0.2, 0) is 24.3 Å². The normalized spacial score (nSPS) is 10.5. The van der Waals surface area contributed by atoms with Crippen molar-refractivity contribution in [1.82, 2.24) is 10.3 Å². The first-order valence-corrected chi connectivity index (χ1v) is 11.8. The number of hydrogen-bond acceptors (Lipinski definition) is 4. The Morgan fingerprint density at radius 2 is 1.64 bits per heavy atom. The van der Waals surface area contributed by atoms with Crippen LogP contribution < -0.4 is 15.0 Å². The van der Waals surface area contributed by atoms with Gasteiger partial charge >= 0.3 is 0 Å². The van der Waals surface area contributed by atoms with Gasteiger partial charge < -0.3 is 15.0 Å². The van der Waals surface area contributed by atoms with Gasteiger partial charge in [0.05, 0.1) is 20.1 Å². The Hall–Kier alpha value is -4.45. The number of pyridine rings is 1. The van der Waals surface area contributed by atoms with Crippen LogP contribution in [0.1, 0.15) is 32.6 Å². The Morgan fingerprint density at radius 3 is 2.33 bits per heavy atom. The second-order valence-electron chi connectivity index (χ2n) is 8.55. The van der Waals surface area contributed by atoms with E-state index in [-0.39, 0.29) is 18.2 Å². The van der Waals surface area contributed by atoms with Gasteiger partial charge in [0.15, 0.2) is 0 Å².